The van der Waals surface area contributed by atoms with Crippen molar-refractivity contribution in [3.63, 3.8) is 0 Å². The fourth-order valence-corrected chi connectivity index (χ4v) is 2.34. The monoisotopic (exact) mass is 361 g/mol. The standard InChI is InChI=1S/C17H13Cl2N3O2/c1-10-2-3-12(8-14(10)19)17(23)20-9-15-21-16(22-24-15)11-4-6-13(18)7-5-11/h2-8H,9H2,1H3,(H,20,23). The van der Waals surface area contributed by atoms with Gasteiger partial charge in [0.2, 0.25) is 11.7 Å². The molecule has 1 aromatic heterocycles. The van der Waals surface area contributed by atoms with Gasteiger partial charge in [-0.1, -0.05) is 34.4 Å². The Bertz CT molecular complexity index is 876. The zero-order valence-electron chi connectivity index (χ0n) is 12.7. The molecule has 0 unspecified atom stereocenters. The van der Waals surface area contributed by atoms with Gasteiger partial charge in [-0.25, -0.2) is 0 Å². The minimum Gasteiger partial charge on any atom is -0.343 e. The molecule has 0 aliphatic carbocycles. The van der Waals surface area contributed by atoms with E-state index in [0.717, 1.165) is 11.1 Å². The highest BCUT2D eigenvalue weighted by Gasteiger charge is 2.11. The van der Waals surface area contributed by atoms with E-state index in [1.807, 2.05) is 6.92 Å². The van der Waals surface area contributed by atoms with Crippen molar-refractivity contribution in [3.05, 3.63) is 69.5 Å². The Morgan fingerprint density at radius 2 is 1.92 bits per heavy atom. The number of hydrogen-bond donors (Lipinski definition) is 1. The number of carbonyl (C=O) groups excluding carboxylic acids is 1. The lowest BCUT2D eigenvalue weighted by Crippen LogP contribution is -2.22. The van der Waals surface area contributed by atoms with E-state index in [1.165, 1.54) is 0 Å². The van der Waals surface area contributed by atoms with Gasteiger partial charge in [-0.3, -0.25) is 4.79 Å². The van der Waals surface area contributed by atoms with Crippen molar-refractivity contribution < 1.29 is 9.32 Å². The van der Waals surface area contributed by atoms with Crippen LogP contribution in [0.4, 0.5) is 0 Å². The topological polar surface area (TPSA) is 68.0 Å². The molecular formula is C17H13Cl2N3O2. The zero-order valence-corrected chi connectivity index (χ0v) is 14.2. The van der Waals surface area contributed by atoms with Crippen LogP contribution in [0.25, 0.3) is 11.4 Å². The Morgan fingerprint density at radius 3 is 2.62 bits per heavy atom. The molecule has 1 amide bonds. The van der Waals surface area contributed by atoms with E-state index >= 15 is 0 Å². The quantitative estimate of drug-likeness (QED) is 0.752. The Morgan fingerprint density at radius 1 is 1.17 bits per heavy atom. The summed E-state index contributed by atoms with van der Waals surface area (Å²) in [5.41, 5.74) is 2.17. The van der Waals surface area contributed by atoms with Crippen LogP contribution < -0.4 is 5.32 Å². The molecule has 1 heterocycles. The van der Waals surface area contributed by atoms with Crippen LogP contribution >= 0.6 is 23.2 Å². The number of nitrogens with zero attached hydrogens (tertiary/aromatic N) is 2. The van der Waals surface area contributed by atoms with Gasteiger partial charge in [0.25, 0.3) is 5.91 Å². The average Bonchev–Trinajstić information content (AvgIpc) is 3.05. The largest absolute Gasteiger partial charge is 0.343 e. The van der Waals surface area contributed by atoms with Crippen molar-refractivity contribution >= 4 is 29.1 Å². The number of aryl methyl sites for hydroxylation is 1. The van der Waals surface area contributed by atoms with Gasteiger partial charge in [0, 0.05) is 21.2 Å². The molecule has 3 aromatic rings. The van der Waals surface area contributed by atoms with Crippen LogP contribution in [-0.4, -0.2) is 16.0 Å². The Hall–Kier alpha value is -2.37. The van der Waals surface area contributed by atoms with Crippen LogP contribution in [0.2, 0.25) is 10.0 Å². The smallest absolute Gasteiger partial charge is 0.251 e. The number of nitrogens with one attached hydrogen (secondary N) is 1. The summed E-state index contributed by atoms with van der Waals surface area (Å²) in [6.07, 6.45) is 0. The first-order chi connectivity index (χ1) is 11.5. The van der Waals surface area contributed by atoms with Crippen molar-refractivity contribution in [1.29, 1.82) is 0 Å². The Kier molecular flexibility index (Phi) is 4.83. The molecule has 5 nitrogen and oxygen atoms in total. The summed E-state index contributed by atoms with van der Waals surface area (Å²) in [4.78, 5) is 16.4. The van der Waals surface area contributed by atoms with Crippen LogP contribution in [0.1, 0.15) is 21.8 Å². The van der Waals surface area contributed by atoms with E-state index in [4.69, 9.17) is 27.7 Å². The molecule has 3 rings (SSSR count). The summed E-state index contributed by atoms with van der Waals surface area (Å²) in [7, 11) is 0. The molecule has 0 aliphatic heterocycles. The lowest BCUT2D eigenvalue weighted by atomic mass is 10.1. The van der Waals surface area contributed by atoms with Crippen LogP contribution in [0.15, 0.2) is 47.0 Å². The third-order valence-corrected chi connectivity index (χ3v) is 4.06. The van der Waals surface area contributed by atoms with E-state index in [-0.39, 0.29) is 12.5 Å². The number of amides is 1. The molecule has 0 saturated heterocycles. The zero-order chi connectivity index (χ0) is 17.1. The third-order valence-electron chi connectivity index (χ3n) is 3.40. The molecule has 2 aromatic carbocycles. The molecule has 7 heteroatoms. The molecule has 1 N–H and O–H groups in total. The first-order valence-corrected chi connectivity index (χ1v) is 7.91. The van der Waals surface area contributed by atoms with Crippen molar-refractivity contribution in [2.45, 2.75) is 13.5 Å². The molecule has 0 saturated carbocycles. The number of carbonyl (C=O) groups is 1. The molecule has 0 aliphatic rings. The molecule has 0 spiro atoms. The number of rotatable bonds is 4. The average molecular weight is 362 g/mol. The summed E-state index contributed by atoms with van der Waals surface area (Å²) >= 11 is 11.9. The maximum absolute atomic E-state index is 12.1. The molecular weight excluding hydrogens is 349 g/mol. The van der Waals surface area contributed by atoms with Gasteiger partial charge in [0.15, 0.2) is 0 Å². The highest BCUT2D eigenvalue weighted by Crippen LogP contribution is 2.19. The van der Waals surface area contributed by atoms with Crippen LogP contribution in [0.3, 0.4) is 0 Å². The molecule has 122 valence electrons. The second kappa shape index (κ2) is 7.03. The van der Waals surface area contributed by atoms with E-state index < -0.39 is 0 Å². The van der Waals surface area contributed by atoms with E-state index in [0.29, 0.717) is 27.3 Å². The van der Waals surface area contributed by atoms with Gasteiger partial charge < -0.3 is 9.84 Å². The minimum absolute atomic E-state index is 0.130. The highest BCUT2D eigenvalue weighted by atomic mass is 35.5. The van der Waals surface area contributed by atoms with Crippen molar-refractivity contribution in [2.75, 3.05) is 0 Å². The van der Waals surface area contributed by atoms with Crippen molar-refractivity contribution in [2.24, 2.45) is 0 Å². The second-order valence-corrected chi connectivity index (χ2v) is 6.01. The first kappa shape index (κ1) is 16.5. The summed E-state index contributed by atoms with van der Waals surface area (Å²) in [5, 5.41) is 7.79. The van der Waals surface area contributed by atoms with Gasteiger partial charge in [-0.05, 0) is 48.9 Å². The Labute approximate surface area is 148 Å². The summed E-state index contributed by atoms with van der Waals surface area (Å²) < 4.78 is 5.14. The lowest BCUT2D eigenvalue weighted by molar-refractivity contribution is 0.0946. The predicted molar refractivity (Wildman–Crippen MR) is 92.1 cm³/mol. The van der Waals surface area contributed by atoms with Gasteiger partial charge >= 0.3 is 0 Å². The van der Waals surface area contributed by atoms with E-state index in [2.05, 4.69) is 15.5 Å². The second-order valence-electron chi connectivity index (χ2n) is 5.17. The van der Waals surface area contributed by atoms with Crippen LogP contribution in [0, 0.1) is 6.92 Å². The molecule has 24 heavy (non-hydrogen) atoms. The van der Waals surface area contributed by atoms with Crippen LogP contribution in [0.5, 0.6) is 0 Å². The maximum atomic E-state index is 12.1. The maximum Gasteiger partial charge on any atom is 0.251 e. The Balaban J connectivity index is 1.65. The van der Waals surface area contributed by atoms with E-state index in [9.17, 15) is 4.79 Å². The molecule has 0 bridgehead atoms. The molecule has 0 fully saturated rings. The number of hydrogen-bond acceptors (Lipinski definition) is 4. The van der Waals surface area contributed by atoms with Gasteiger partial charge in [0.1, 0.15) is 0 Å². The van der Waals surface area contributed by atoms with E-state index in [1.54, 1.807) is 42.5 Å². The predicted octanol–water partition coefficient (Wildman–Crippen LogP) is 4.28. The molecule has 0 radical (unpaired) electrons. The minimum atomic E-state index is -0.261. The number of benzene rings is 2. The first-order valence-electron chi connectivity index (χ1n) is 7.16. The number of aromatic nitrogens is 2. The number of halogens is 2. The van der Waals surface area contributed by atoms with Gasteiger partial charge in [-0.15, -0.1) is 0 Å². The van der Waals surface area contributed by atoms with Crippen LogP contribution in [-0.2, 0) is 6.54 Å². The fourth-order valence-electron chi connectivity index (χ4n) is 2.03. The summed E-state index contributed by atoms with van der Waals surface area (Å²) in [5.74, 6) is 0.490. The van der Waals surface area contributed by atoms with Crippen molar-refractivity contribution in [3.8, 4) is 11.4 Å². The highest BCUT2D eigenvalue weighted by molar-refractivity contribution is 6.31. The van der Waals surface area contributed by atoms with Crippen molar-refractivity contribution in [1.82, 2.24) is 15.5 Å². The SMILES string of the molecule is Cc1ccc(C(=O)NCc2nc(-c3ccc(Cl)cc3)no2)cc1Cl. The van der Waals surface area contributed by atoms with Gasteiger partial charge in [0.05, 0.1) is 6.54 Å². The molecule has 0 atom stereocenters. The van der Waals surface area contributed by atoms with Gasteiger partial charge in [-0.2, -0.15) is 4.98 Å². The fraction of sp³-hybridized carbons (Fsp3) is 0.118. The summed E-state index contributed by atoms with van der Waals surface area (Å²) in [6, 6.07) is 12.2. The summed E-state index contributed by atoms with van der Waals surface area (Å²) in [6.45, 7) is 2.01. The lowest BCUT2D eigenvalue weighted by Gasteiger charge is -2.04. The normalized spacial score (nSPS) is 10.6. The third kappa shape index (κ3) is 3.75.